The van der Waals surface area contributed by atoms with Crippen LogP contribution >= 0.6 is 0 Å². The maximum Gasteiger partial charge on any atom is 0.123 e. The van der Waals surface area contributed by atoms with Gasteiger partial charge in [0, 0.05) is 11.8 Å². The number of hydrogen-bond acceptors (Lipinski definition) is 1. The van der Waals surface area contributed by atoms with Crippen LogP contribution in [0.2, 0.25) is 0 Å². The highest BCUT2D eigenvalue weighted by atomic mass is 19.1. The Morgan fingerprint density at radius 1 is 0.655 bits per heavy atom. The summed E-state index contributed by atoms with van der Waals surface area (Å²) in [6.07, 6.45) is 19.7. The van der Waals surface area contributed by atoms with Crippen LogP contribution in [0.3, 0.4) is 0 Å². The molecule has 156 valence electrons. The molecule has 1 nitrogen and oxygen atoms in total. The standard InChI is InChI=1S/C27H36FN/c28-23-19-24(21-13-7-3-1-4-8-14-21)27(26-17-11-12-18-29-26)25(20-23)22-15-9-5-2-6-10-16-22/h11-12,17-22H,1-10,13-16H2. The molecule has 1 aromatic heterocycles. The molecule has 29 heavy (non-hydrogen) atoms. The molecular formula is C27H36FN. The van der Waals surface area contributed by atoms with E-state index in [0.717, 1.165) is 5.69 Å². The predicted molar refractivity (Wildman–Crippen MR) is 120 cm³/mol. The summed E-state index contributed by atoms with van der Waals surface area (Å²) in [5, 5.41) is 0. The highest BCUT2D eigenvalue weighted by Crippen LogP contribution is 2.43. The third kappa shape index (κ3) is 5.27. The fourth-order valence-electron chi connectivity index (χ4n) is 5.63. The molecule has 2 aliphatic carbocycles. The van der Waals surface area contributed by atoms with Crippen molar-refractivity contribution in [2.75, 3.05) is 0 Å². The second-order valence-electron chi connectivity index (χ2n) is 9.26. The highest BCUT2D eigenvalue weighted by Gasteiger charge is 2.25. The third-order valence-electron chi connectivity index (χ3n) is 7.18. The van der Waals surface area contributed by atoms with Gasteiger partial charge in [-0.2, -0.15) is 0 Å². The predicted octanol–water partition coefficient (Wildman–Crippen LogP) is 8.54. The van der Waals surface area contributed by atoms with Crippen LogP contribution in [-0.4, -0.2) is 4.98 Å². The minimum atomic E-state index is -0.0428. The summed E-state index contributed by atoms with van der Waals surface area (Å²) in [5.41, 5.74) is 4.79. The van der Waals surface area contributed by atoms with Crippen LogP contribution < -0.4 is 0 Å². The topological polar surface area (TPSA) is 12.9 Å². The number of halogens is 1. The van der Waals surface area contributed by atoms with E-state index in [0.29, 0.717) is 11.8 Å². The van der Waals surface area contributed by atoms with E-state index in [9.17, 15) is 4.39 Å². The zero-order valence-electron chi connectivity index (χ0n) is 17.8. The van der Waals surface area contributed by atoms with Gasteiger partial charge in [0.05, 0.1) is 5.69 Å². The number of nitrogens with zero attached hydrogens (tertiary/aromatic N) is 1. The van der Waals surface area contributed by atoms with Crippen LogP contribution in [0.1, 0.15) is 113 Å². The number of benzene rings is 1. The van der Waals surface area contributed by atoms with Crippen LogP contribution in [0, 0.1) is 5.82 Å². The Morgan fingerprint density at radius 2 is 1.14 bits per heavy atom. The molecule has 0 aliphatic heterocycles. The van der Waals surface area contributed by atoms with Gasteiger partial charge in [-0.1, -0.05) is 70.3 Å². The molecule has 0 spiro atoms. The van der Waals surface area contributed by atoms with Gasteiger partial charge in [-0.15, -0.1) is 0 Å². The first-order chi connectivity index (χ1) is 14.3. The molecule has 0 N–H and O–H groups in total. The Balaban J connectivity index is 1.80. The van der Waals surface area contributed by atoms with Crippen molar-refractivity contribution in [3.8, 4) is 11.3 Å². The highest BCUT2D eigenvalue weighted by molar-refractivity contribution is 5.69. The van der Waals surface area contributed by atoms with Gasteiger partial charge >= 0.3 is 0 Å². The minimum absolute atomic E-state index is 0.0428. The summed E-state index contributed by atoms with van der Waals surface area (Å²) in [6.45, 7) is 0. The average molecular weight is 394 g/mol. The Morgan fingerprint density at radius 3 is 1.59 bits per heavy atom. The summed E-state index contributed by atoms with van der Waals surface area (Å²) in [7, 11) is 0. The summed E-state index contributed by atoms with van der Waals surface area (Å²) in [6, 6.07) is 9.89. The Labute approximate surface area is 176 Å². The van der Waals surface area contributed by atoms with E-state index in [4.69, 9.17) is 4.98 Å². The van der Waals surface area contributed by atoms with Crippen LogP contribution in [0.5, 0.6) is 0 Å². The molecule has 2 aromatic rings. The lowest BCUT2D eigenvalue weighted by Crippen LogP contribution is -2.11. The smallest absolute Gasteiger partial charge is 0.123 e. The summed E-state index contributed by atoms with van der Waals surface area (Å²) < 4.78 is 15.0. The van der Waals surface area contributed by atoms with Crippen molar-refractivity contribution < 1.29 is 4.39 Å². The van der Waals surface area contributed by atoms with Gasteiger partial charge in [0.25, 0.3) is 0 Å². The van der Waals surface area contributed by atoms with Crippen LogP contribution in [-0.2, 0) is 0 Å². The van der Waals surface area contributed by atoms with Crippen molar-refractivity contribution in [1.29, 1.82) is 0 Å². The molecule has 0 unspecified atom stereocenters. The molecule has 0 amide bonds. The van der Waals surface area contributed by atoms with Gasteiger partial charge in [0.2, 0.25) is 0 Å². The van der Waals surface area contributed by atoms with E-state index in [2.05, 4.69) is 12.1 Å². The van der Waals surface area contributed by atoms with Crippen LogP contribution in [0.4, 0.5) is 4.39 Å². The monoisotopic (exact) mass is 393 g/mol. The first-order valence-electron chi connectivity index (χ1n) is 12.1. The molecule has 4 rings (SSSR count). The van der Waals surface area contributed by atoms with E-state index in [-0.39, 0.29) is 5.82 Å². The SMILES string of the molecule is Fc1cc(C2CCCCCCC2)c(-c2ccccn2)c(C2CCCCCCC2)c1. The van der Waals surface area contributed by atoms with E-state index in [1.54, 1.807) is 0 Å². The quantitative estimate of drug-likeness (QED) is 0.509. The van der Waals surface area contributed by atoms with Gasteiger partial charge in [-0.05, 0) is 72.9 Å². The molecule has 2 aliphatic rings. The van der Waals surface area contributed by atoms with Gasteiger partial charge in [0.1, 0.15) is 5.82 Å². The molecular weight excluding hydrogens is 357 g/mol. The maximum atomic E-state index is 15.0. The molecule has 2 saturated carbocycles. The lowest BCUT2D eigenvalue weighted by molar-refractivity contribution is 0.446. The fraction of sp³-hybridized carbons (Fsp3) is 0.593. The number of rotatable bonds is 3. The van der Waals surface area contributed by atoms with Crippen molar-refractivity contribution in [3.63, 3.8) is 0 Å². The van der Waals surface area contributed by atoms with Crippen molar-refractivity contribution >= 4 is 0 Å². The van der Waals surface area contributed by atoms with E-state index < -0.39 is 0 Å². The molecule has 2 fully saturated rings. The zero-order valence-corrected chi connectivity index (χ0v) is 17.8. The number of aromatic nitrogens is 1. The summed E-state index contributed by atoms with van der Waals surface area (Å²) in [4.78, 5) is 4.75. The van der Waals surface area contributed by atoms with E-state index in [1.807, 2.05) is 24.4 Å². The third-order valence-corrected chi connectivity index (χ3v) is 7.18. The largest absolute Gasteiger partial charge is 0.256 e. The zero-order chi connectivity index (χ0) is 19.9. The van der Waals surface area contributed by atoms with E-state index in [1.165, 1.54) is 107 Å². The van der Waals surface area contributed by atoms with Crippen molar-refractivity contribution in [3.05, 3.63) is 53.5 Å². The first-order valence-corrected chi connectivity index (χ1v) is 12.1. The number of hydrogen-bond donors (Lipinski definition) is 0. The van der Waals surface area contributed by atoms with Crippen LogP contribution in [0.25, 0.3) is 11.3 Å². The molecule has 0 atom stereocenters. The van der Waals surface area contributed by atoms with Crippen molar-refractivity contribution in [2.45, 2.75) is 102 Å². The molecule has 2 heteroatoms. The van der Waals surface area contributed by atoms with E-state index >= 15 is 0 Å². The second-order valence-corrected chi connectivity index (χ2v) is 9.26. The summed E-state index contributed by atoms with van der Waals surface area (Å²) in [5.74, 6) is 0.893. The van der Waals surface area contributed by atoms with Gasteiger partial charge < -0.3 is 0 Å². The molecule has 0 radical (unpaired) electrons. The molecule has 1 heterocycles. The average Bonchev–Trinajstić information content (AvgIpc) is 2.68. The Bertz CT molecular complexity index is 710. The maximum absolute atomic E-state index is 15.0. The molecule has 0 saturated heterocycles. The second kappa shape index (κ2) is 10.4. The first kappa shape index (κ1) is 20.6. The lowest BCUT2D eigenvalue weighted by atomic mass is 9.77. The van der Waals surface area contributed by atoms with Gasteiger partial charge in [0.15, 0.2) is 0 Å². The lowest BCUT2D eigenvalue weighted by Gasteiger charge is -2.28. The normalized spacial score (nSPS) is 20.4. The Hall–Kier alpha value is -1.70. The van der Waals surface area contributed by atoms with Gasteiger partial charge in [-0.25, -0.2) is 4.39 Å². The van der Waals surface area contributed by atoms with Crippen LogP contribution in [0.15, 0.2) is 36.5 Å². The molecule has 0 bridgehead atoms. The fourth-order valence-corrected chi connectivity index (χ4v) is 5.63. The molecule has 1 aromatic carbocycles. The Kier molecular flexibility index (Phi) is 7.35. The summed E-state index contributed by atoms with van der Waals surface area (Å²) >= 11 is 0. The minimum Gasteiger partial charge on any atom is -0.256 e. The number of pyridine rings is 1. The van der Waals surface area contributed by atoms with Crippen molar-refractivity contribution in [2.24, 2.45) is 0 Å². The van der Waals surface area contributed by atoms with Crippen molar-refractivity contribution in [1.82, 2.24) is 4.98 Å². The van der Waals surface area contributed by atoms with Gasteiger partial charge in [-0.3, -0.25) is 4.98 Å².